The Morgan fingerprint density at radius 3 is 2.43 bits per heavy atom. The van der Waals surface area contributed by atoms with Crippen LogP contribution < -0.4 is 5.32 Å². The topological polar surface area (TPSA) is 60.3 Å². The minimum absolute atomic E-state index is 0.0199. The summed E-state index contributed by atoms with van der Waals surface area (Å²) < 4.78 is 7.36. The molecular weight excluding hydrogens is 376 g/mol. The molecule has 1 aliphatic carbocycles. The van der Waals surface area contributed by atoms with Crippen LogP contribution in [0, 0.1) is 13.8 Å². The van der Waals surface area contributed by atoms with Gasteiger partial charge >= 0.3 is 5.97 Å². The number of aromatic nitrogens is 1. The largest absolute Gasteiger partial charge is 0.452 e. The smallest absolute Gasteiger partial charge is 0.338 e. The summed E-state index contributed by atoms with van der Waals surface area (Å²) in [6, 6.07) is 19.5. The Morgan fingerprint density at radius 1 is 1.00 bits per heavy atom. The molecule has 1 heterocycles. The maximum atomic E-state index is 12.4. The zero-order valence-electron chi connectivity index (χ0n) is 17.4. The highest BCUT2D eigenvalue weighted by molar-refractivity contribution is 5.91. The van der Waals surface area contributed by atoms with Gasteiger partial charge in [0.2, 0.25) is 0 Å². The number of fused-ring (bicyclic) bond motifs is 1. The van der Waals surface area contributed by atoms with E-state index in [1.165, 1.54) is 5.56 Å². The molecule has 0 saturated heterocycles. The summed E-state index contributed by atoms with van der Waals surface area (Å²) in [6.45, 7) is 3.80. The number of hydrogen-bond donors (Lipinski definition) is 1. The van der Waals surface area contributed by atoms with Crippen molar-refractivity contribution < 1.29 is 14.3 Å². The highest BCUT2D eigenvalue weighted by Crippen LogP contribution is 2.29. The van der Waals surface area contributed by atoms with Gasteiger partial charge in [0.05, 0.1) is 11.6 Å². The minimum atomic E-state index is -0.498. The standard InChI is InChI=1S/C25H26N2O3/c1-17-10-11-18(2)27(17)21-14-12-20(13-15-21)25(29)30-16-24(28)26-23-9-5-7-19-6-3-4-8-22(19)23/h3-4,6,8,10-15,23H,5,7,9,16H2,1-2H3,(H,26,28)/t23-/m1/s1. The summed E-state index contributed by atoms with van der Waals surface area (Å²) >= 11 is 0. The van der Waals surface area contributed by atoms with E-state index in [9.17, 15) is 9.59 Å². The van der Waals surface area contributed by atoms with Gasteiger partial charge < -0.3 is 14.6 Å². The Labute approximate surface area is 176 Å². The van der Waals surface area contributed by atoms with Crippen LogP contribution in [0.15, 0.2) is 60.7 Å². The predicted octanol–water partition coefficient (Wildman–Crippen LogP) is 4.44. The number of benzene rings is 2. The summed E-state index contributed by atoms with van der Waals surface area (Å²) in [5.74, 6) is -0.776. The first-order valence-corrected chi connectivity index (χ1v) is 10.3. The first-order valence-electron chi connectivity index (χ1n) is 10.3. The van der Waals surface area contributed by atoms with E-state index in [1.54, 1.807) is 12.1 Å². The third kappa shape index (κ3) is 4.15. The highest BCUT2D eigenvalue weighted by Gasteiger charge is 2.22. The van der Waals surface area contributed by atoms with Gasteiger partial charge in [0, 0.05) is 17.1 Å². The number of hydrogen-bond acceptors (Lipinski definition) is 3. The average Bonchev–Trinajstić information content (AvgIpc) is 3.10. The lowest BCUT2D eigenvalue weighted by Gasteiger charge is -2.26. The molecule has 3 aromatic rings. The minimum Gasteiger partial charge on any atom is -0.452 e. The second kappa shape index (κ2) is 8.57. The molecule has 4 rings (SSSR count). The third-order valence-corrected chi connectivity index (χ3v) is 5.67. The number of carbonyl (C=O) groups excluding carboxylic acids is 2. The monoisotopic (exact) mass is 402 g/mol. The first kappa shape index (κ1) is 20.0. The van der Waals surface area contributed by atoms with Gasteiger partial charge in [-0.3, -0.25) is 4.79 Å². The normalized spacial score (nSPS) is 15.3. The Hall–Kier alpha value is -3.34. The molecule has 0 radical (unpaired) electrons. The number of nitrogens with zero attached hydrogens (tertiary/aromatic N) is 1. The van der Waals surface area contributed by atoms with Crippen LogP contribution in [0.2, 0.25) is 0 Å². The molecule has 1 N–H and O–H groups in total. The van der Waals surface area contributed by atoms with Crippen molar-refractivity contribution >= 4 is 11.9 Å². The van der Waals surface area contributed by atoms with Gasteiger partial charge in [0.1, 0.15) is 0 Å². The number of nitrogens with one attached hydrogen (secondary N) is 1. The van der Waals surface area contributed by atoms with Crippen LogP contribution in [0.4, 0.5) is 0 Å². The van der Waals surface area contributed by atoms with Crippen LogP contribution >= 0.6 is 0 Å². The van der Waals surface area contributed by atoms with Crippen molar-refractivity contribution in [3.05, 3.63) is 88.7 Å². The van der Waals surface area contributed by atoms with Crippen molar-refractivity contribution in [2.45, 2.75) is 39.2 Å². The number of ether oxygens (including phenoxy) is 1. The summed E-state index contributed by atoms with van der Waals surface area (Å²) in [7, 11) is 0. The highest BCUT2D eigenvalue weighted by atomic mass is 16.5. The quantitative estimate of drug-likeness (QED) is 0.642. The van der Waals surface area contributed by atoms with Gasteiger partial charge in [-0.15, -0.1) is 0 Å². The summed E-state index contributed by atoms with van der Waals surface area (Å²) in [4.78, 5) is 24.7. The van der Waals surface area contributed by atoms with Gasteiger partial charge in [-0.05, 0) is 80.6 Å². The molecule has 1 aromatic heterocycles. The number of amides is 1. The first-order chi connectivity index (χ1) is 14.5. The van der Waals surface area contributed by atoms with Crippen molar-refractivity contribution in [1.82, 2.24) is 9.88 Å². The zero-order chi connectivity index (χ0) is 21.1. The third-order valence-electron chi connectivity index (χ3n) is 5.67. The molecule has 1 aliphatic rings. The molecule has 0 spiro atoms. The fraction of sp³-hybridized carbons (Fsp3) is 0.280. The van der Waals surface area contributed by atoms with E-state index in [4.69, 9.17) is 4.74 Å². The van der Waals surface area contributed by atoms with Gasteiger partial charge in [0.25, 0.3) is 5.91 Å². The molecular formula is C25H26N2O3. The van der Waals surface area contributed by atoms with Gasteiger partial charge in [0.15, 0.2) is 6.61 Å². The lowest BCUT2D eigenvalue weighted by molar-refractivity contribution is -0.125. The van der Waals surface area contributed by atoms with Crippen molar-refractivity contribution in [2.75, 3.05) is 6.61 Å². The molecule has 0 bridgehead atoms. The molecule has 0 unspecified atom stereocenters. The van der Waals surface area contributed by atoms with E-state index in [2.05, 4.69) is 34.1 Å². The Balaban J connectivity index is 1.34. The molecule has 0 saturated carbocycles. The SMILES string of the molecule is Cc1ccc(C)n1-c1ccc(C(=O)OCC(=O)N[C@@H]2CCCc3ccccc32)cc1. The van der Waals surface area contributed by atoms with Gasteiger partial charge in [-0.1, -0.05) is 24.3 Å². The Bertz CT molecular complexity index is 1050. The molecule has 5 nitrogen and oxygen atoms in total. The van der Waals surface area contributed by atoms with Crippen LogP contribution in [0.25, 0.3) is 5.69 Å². The number of carbonyl (C=O) groups is 2. The summed E-state index contributed by atoms with van der Waals surface area (Å²) in [5.41, 5.74) is 6.11. The van der Waals surface area contributed by atoms with E-state index in [0.717, 1.165) is 41.9 Å². The maximum Gasteiger partial charge on any atom is 0.338 e. The molecule has 30 heavy (non-hydrogen) atoms. The molecule has 0 fully saturated rings. The Morgan fingerprint density at radius 2 is 1.70 bits per heavy atom. The van der Waals surface area contributed by atoms with E-state index in [-0.39, 0.29) is 18.6 Å². The van der Waals surface area contributed by atoms with Crippen molar-refractivity contribution in [1.29, 1.82) is 0 Å². The van der Waals surface area contributed by atoms with Crippen LogP contribution in [0.5, 0.6) is 0 Å². The maximum absolute atomic E-state index is 12.4. The molecule has 5 heteroatoms. The van der Waals surface area contributed by atoms with Crippen LogP contribution in [0.1, 0.15) is 51.8 Å². The second-order valence-corrected chi connectivity index (χ2v) is 7.79. The number of esters is 1. The molecule has 1 atom stereocenters. The van der Waals surface area contributed by atoms with Gasteiger partial charge in [-0.25, -0.2) is 4.79 Å². The van der Waals surface area contributed by atoms with Gasteiger partial charge in [-0.2, -0.15) is 0 Å². The van der Waals surface area contributed by atoms with Crippen LogP contribution in [0.3, 0.4) is 0 Å². The number of rotatable bonds is 5. The fourth-order valence-corrected chi connectivity index (χ4v) is 4.18. The molecule has 2 aromatic carbocycles. The zero-order valence-corrected chi connectivity index (χ0v) is 17.4. The molecule has 1 amide bonds. The predicted molar refractivity (Wildman–Crippen MR) is 116 cm³/mol. The van der Waals surface area contributed by atoms with Crippen molar-refractivity contribution in [3.8, 4) is 5.69 Å². The van der Waals surface area contributed by atoms with Crippen molar-refractivity contribution in [3.63, 3.8) is 0 Å². The molecule has 0 aliphatic heterocycles. The number of aryl methyl sites for hydroxylation is 3. The van der Waals surface area contributed by atoms with Crippen LogP contribution in [-0.2, 0) is 16.0 Å². The molecule has 154 valence electrons. The summed E-state index contributed by atoms with van der Waals surface area (Å²) in [5, 5.41) is 3.00. The summed E-state index contributed by atoms with van der Waals surface area (Å²) in [6.07, 6.45) is 2.97. The van der Waals surface area contributed by atoms with E-state index >= 15 is 0 Å². The lowest BCUT2D eigenvalue weighted by Crippen LogP contribution is -2.34. The Kier molecular flexibility index (Phi) is 5.70. The van der Waals surface area contributed by atoms with E-state index in [1.807, 2.05) is 38.1 Å². The average molecular weight is 402 g/mol. The fourth-order valence-electron chi connectivity index (χ4n) is 4.18. The van der Waals surface area contributed by atoms with Crippen molar-refractivity contribution in [2.24, 2.45) is 0 Å². The lowest BCUT2D eigenvalue weighted by atomic mass is 9.88. The van der Waals surface area contributed by atoms with E-state index in [0.29, 0.717) is 5.56 Å². The van der Waals surface area contributed by atoms with E-state index < -0.39 is 5.97 Å². The van der Waals surface area contributed by atoms with Crippen LogP contribution in [-0.4, -0.2) is 23.1 Å². The second-order valence-electron chi connectivity index (χ2n) is 7.79.